The molecule has 4 rings (SSSR count). The minimum Gasteiger partial charge on any atom is -0.436 e. The Morgan fingerprint density at radius 1 is 1.08 bits per heavy atom. The summed E-state index contributed by atoms with van der Waals surface area (Å²) in [5.41, 5.74) is 3.79. The SMILES string of the molecule is CC1CCCCN1S(=O)(=O)NC(=O)C12CC1/C=C/CCCCCC(OC(N)=O)C(=O)N1CCCC1C(=O)N2. The standard InChI is InChI=1S/C25H39N5O7S/c1-17-10-7-8-15-30(17)38(35,36)28-23(33)25-16-18(25)11-5-3-2-4-6-13-20(37-24(26)34)22(32)29-14-9-12-19(29)21(31)27-25/h5,11,17-20H,2-4,6-10,12-16H2,1H3,(H2,26,34)(H,27,31)(H,28,33)/b11-5+. The normalized spacial score (nSPS) is 34.1. The molecule has 212 valence electrons. The zero-order valence-corrected chi connectivity index (χ0v) is 22.7. The molecule has 3 aliphatic heterocycles. The summed E-state index contributed by atoms with van der Waals surface area (Å²) in [6, 6.07) is -1.09. The van der Waals surface area contributed by atoms with E-state index in [0.29, 0.717) is 45.2 Å². The molecular weight excluding hydrogens is 514 g/mol. The van der Waals surface area contributed by atoms with E-state index in [1.54, 1.807) is 0 Å². The van der Waals surface area contributed by atoms with Gasteiger partial charge in [0.25, 0.3) is 11.8 Å². The number of allylic oxidation sites excluding steroid dienone is 1. The molecule has 2 saturated heterocycles. The number of fused-ring (bicyclic) bond motifs is 2. The number of nitrogens with zero attached hydrogens (tertiary/aromatic N) is 2. The van der Waals surface area contributed by atoms with Crippen molar-refractivity contribution in [1.82, 2.24) is 19.2 Å². The van der Waals surface area contributed by atoms with Gasteiger partial charge in [0.15, 0.2) is 6.10 Å². The first-order valence-corrected chi connectivity index (χ1v) is 15.1. The second kappa shape index (κ2) is 11.6. The molecule has 5 unspecified atom stereocenters. The van der Waals surface area contributed by atoms with Crippen LogP contribution in [-0.4, -0.2) is 78.3 Å². The number of nitrogens with two attached hydrogens (primary N) is 1. The van der Waals surface area contributed by atoms with Crippen LogP contribution in [0, 0.1) is 5.92 Å². The molecule has 5 atom stereocenters. The topological polar surface area (TPSA) is 168 Å². The second-order valence-electron chi connectivity index (χ2n) is 10.8. The van der Waals surface area contributed by atoms with E-state index in [2.05, 4.69) is 10.0 Å². The maximum absolute atomic E-state index is 13.5. The Labute approximate surface area is 223 Å². The van der Waals surface area contributed by atoms with Crippen LogP contribution < -0.4 is 15.8 Å². The molecule has 0 spiro atoms. The van der Waals surface area contributed by atoms with Crippen molar-refractivity contribution in [3.63, 3.8) is 0 Å². The molecule has 1 aliphatic carbocycles. The fraction of sp³-hybridized carbons (Fsp3) is 0.760. The van der Waals surface area contributed by atoms with Crippen LogP contribution >= 0.6 is 0 Å². The summed E-state index contributed by atoms with van der Waals surface area (Å²) in [7, 11) is -4.09. The number of piperidine rings is 1. The zero-order valence-electron chi connectivity index (χ0n) is 21.9. The van der Waals surface area contributed by atoms with E-state index in [-0.39, 0.29) is 18.4 Å². The van der Waals surface area contributed by atoms with E-state index in [9.17, 15) is 27.6 Å². The van der Waals surface area contributed by atoms with Gasteiger partial charge in [-0.1, -0.05) is 25.0 Å². The first-order valence-electron chi connectivity index (χ1n) is 13.6. The first kappa shape index (κ1) is 28.3. The average molecular weight is 554 g/mol. The van der Waals surface area contributed by atoms with Crippen molar-refractivity contribution < 1.29 is 32.3 Å². The van der Waals surface area contributed by atoms with Crippen LogP contribution in [0.5, 0.6) is 0 Å². The fourth-order valence-electron chi connectivity index (χ4n) is 5.87. The molecule has 4 aliphatic rings. The molecule has 0 aromatic carbocycles. The molecule has 13 heteroatoms. The van der Waals surface area contributed by atoms with Gasteiger partial charge in [-0.25, -0.2) is 9.52 Å². The van der Waals surface area contributed by atoms with Crippen molar-refractivity contribution in [3.8, 4) is 0 Å². The number of amides is 4. The van der Waals surface area contributed by atoms with E-state index in [0.717, 1.165) is 32.1 Å². The lowest BCUT2D eigenvalue weighted by molar-refractivity contribution is -0.146. The lowest BCUT2D eigenvalue weighted by Gasteiger charge is -2.33. The number of rotatable bonds is 4. The molecule has 38 heavy (non-hydrogen) atoms. The Hall–Kier alpha value is -2.67. The number of ether oxygens (including phenoxy) is 1. The Balaban J connectivity index is 1.56. The molecule has 3 fully saturated rings. The number of carbonyl (C=O) groups is 4. The molecule has 0 bridgehead atoms. The van der Waals surface area contributed by atoms with Gasteiger partial charge in [0.05, 0.1) is 0 Å². The molecule has 0 aromatic heterocycles. The maximum Gasteiger partial charge on any atom is 0.405 e. The van der Waals surface area contributed by atoms with Gasteiger partial charge in [-0.15, -0.1) is 0 Å². The van der Waals surface area contributed by atoms with Gasteiger partial charge >= 0.3 is 16.3 Å². The Morgan fingerprint density at radius 2 is 1.84 bits per heavy atom. The Kier molecular flexibility index (Phi) is 8.65. The van der Waals surface area contributed by atoms with Crippen molar-refractivity contribution in [2.75, 3.05) is 13.1 Å². The third-order valence-corrected chi connectivity index (χ3v) is 9.72. The highest BCUT2D eigenvalue weighted by Gasteiger charge is 2.61. The minimum atomic E-state index is -4.09. The summed E-state index contributed by atoms with van der Waals surface area (Å²) in [5.74, 6) is -2.14. The van der Waals surface area contributed by atoms with Crippen LogP contribution in [0.2, 0.25) is 0 Å². The van der Waals surface area contributed by atoms with Gasteiger partial charge in [-0.05, 0) is 64.7 Å². The number of nitrogens with one attached hydrogen (secondary N) is 2. The molecular formula is C25H39N5O7S. The van der Waals surface area contributed by atoms with Gasteiger partial charge in [-0.2, -0.15) is 12.7 Å². The maximum atomic E-state index is 13.5. The van der Waals surface area contributed by atoms with Crippen molar-refractivity contribution in [2.45, 2.75) is 101 Å². The summed E-state index contributed by atoms with van der Waals surface area (Å²) in [4.78, 5) is 53.1. The number of hydrogen-bond acceptors (Lipinski definition) is 7. The van der Waals surface area contributed by atoms with E-state index < -0.39 is 51.7 Å². The lowest BCUT2D eigenvalue weighted by atomic mass is 10.1. The van der Waals surface area contributed by atoms with Gasteiger partial charge in [0, 0.05) is 25.0 Å². The van der Waals surface area contributed by atoms with Gasteiger partial charge in [0.2, 0.25) is 5.91 Å². The Bertz CT molecular complexity index is 1080. The molecule has 0 aromatic rings. The summed E-state index contributed by atoms with van der Waals surface area (Å²) >= 11 is 0. The van der Waals surface area contributed by atoms with Crippen LogP contribution in [0.15, 0.2) is 12.2 Å². The van der Waals surface area contributed by atoms with E-state index >= 15 is 0 Å². The molecule has 12 nitrogen and oxygen atoms in total. The van der Waals surface area contributed by atoms with E-state index in [4.69, 9.17) is 10.5 Å². The van der Waals surface area contributed by atoms with Crippen molar-refractivity contribution >= 4 is 34.0 Å². The van der Waals surface area contributed by atoms with E-state index in [1.165, 1.54) is 9.21 Å². The Morgan fingerprint density at radius 3 is 2.58 bits per heavy atom. The number of hydrogen-bond donors (Lipinski definition) is 3. The average Bonchev–Trinajstić information content (AvgIpc) is 3.31. The van der Waals surface area contributed by atoms with Gasteiger partial charge < -0.3 is 20.7 Å². The molecule has 4 N–H and O–H groups in total. The highest BCUT2D eigenvalue weighted by atomic mass is 32.2. The van der Waals surface area contributed by atoms with Crippen LogP contribution in [-0.2, 0) is 29.3 Å². The van der Waals surface area contributed by atoms with Crippen molar-refractivity contribution in [3.05, 3.63) is 12.2 Å². The molecule has 1 saturated carbocycles. The van der Waals surface area contributed by atoms with Gasteiger partial charge in [0.1, 0.15) is 11.6 Å². The predicted octanol–water partition coefficient (Wildman–Crippen LogP) is 1.07. The lowest BCUT2D eigenvalue weighted by Crippen LogP contribution is -2.59. The van der Waals surface area contributed by atoms with Crippen LogP contribution in [0.1, 0.15) is 77.6 Å². The largest absolute Gasteiger partial charge is 0.436 e. The number of primary amides is 1. The zero-order chi connectivity index (χ0) is 27.5. The summed E-state index contributed by atoms with van der Waals surface area (Å²) in [5, 5.41) is 2.81. The minimum absolute atomic E-state index is 0.224. The third-order valence-electron chi connectivity index (χ3n) is 8.12. The van der Waals surface area contributed by atoms with E-state index in [1.807, 2.05) is 19.1 Å². The van der Waals surface area contributed by atoms with Crippen LogP contribution in [0.4, 0.5) is 4.79 Å². The number of carbonyl (C=O) groups excluding carboxylic acids is 4. The van der Waals surface area contributed by atoms with Crippen LogP contribution in [0.3, 0.4) is 0 Å². The first-order chi connectivity index (χ1) is 18.0. The molecule has 4 amide bonds. The quantitative estimate of drug-likeness (QED) is 0.438. The fourth-order valence-corrected chi connectivity index (χ4v) is 7.35. The van der Waals surface area contributed by atoms with Crippen LogP contribution in [0.25, 0.3) is 0 Å². The monoisotopic (exact) mass is 553 g/mol. The van der Waals surface area contributed by atoms with Crippen molar-refractivity contribution in [1.29, 1.82) is 0 Å². The summed E-state index contributed by atoms with van der Waals surface area (Å²) in [6.45, 7) is 2.45. The smallest absolute Gasteiger partial charge is 0.405 e. The highest BCUT2D eigenvalue weighted by molar-refractivity contribution is 7.87. The second-order valence-corrected chi connectivity index (χ2v) is 12.5. The molecule has 0 radical (unpaired) electrons. The van der Waals surface area contributed by atoms with Gasteiger partial charge in [-0.3, -0.25) is 14.4 Å². The highest BCUT2D eigenvalue weighted by Crippen LogP contribution is 2.45. The predicted molar refractivity (Wildman–Crippen MR) is 137 cm³/mol. The summed E-state index contributed by atoms with van der Waals surface area (Å²) < 4.78 is 34.8. The third kappa shape index (κ3) is 6.14. The van der Waals surface area contributed by atoms with Crippen molar-refractivity contribution in [2.24, 2.45) is 11.7 Å². The molecule has 3 heterocycles. The summed E-state index contributed by atoms with van der Waals surface area (Å²) in [6.07, 6.45) is 8.53.